The Morgan fingerprint density at radius 3 is 2.89 bits per heavy atom. The van der Waals surface area contributed by atoms with Crippen LogP contribution in [0.25, 0.3) is 0 Å². The molecule has 0 aliphatic carbocycles. The third kappa shape index (κ3) is 3.04. The topological polar surface area (TPSA) is 12.0 Å². The highest BCUT2D eigenvalue weighted by Gasteiger charge is 2.26. The molecule has 2 aromatic rings. The molecule has 0 saturated heterocycles. The average molecular weight is 419 g/mol. The third-order valence-electron chi connectivity index (χ3n) is 3.17. The van der Waals surface area contributed by atoms with Crippen LogP contribution < -0.4 is 5.32 Å². The van der Waals surface area contributed by atoms with E-state index >= 15 is 0 Å². The lowest BCUT2D eigenvalue weighted by molar-refractivity contribution is 0.669. The fourth-order valence-electron chi connectivity index (χ4n) is 2.28. The van der Waals surface area contributed by atoms with Gasteiger partial charge >= 0.3 is 0 Å². The standard InChI is InChI=1S/C14H13Br2NS2/c1-8-6-13(10-4-5-18-14(10)19-8)17-12-3-2-9(15)7-11(12)16/h2-5,7-8,13,17H,6H2,1H3/t8-,13?/m0/s1. The Hall–Kier alpha value is 0.0300. The van der Waals surface area contributed by atoms with Gasteiger partial charge in [0.2, 0.25) is 0 Å². The van der Waals surface area contributed by atoms with Crippen molar-refractivity contribution in [1.29, 1.82) is 0 Å². The zero-order chi connectivity index (χ0) is 13.4. The summed E-state index contributed by atoms with van der Waals surface area (Å²) >= 11 is 11.0. The van der Waals surface area contributed by atoms with E-state index in [0.29, 0.717) is 11.3 Å². The van der Waals surface area contributed by atoms with Gasteiger partial charge in [0.05, 0.1) is 10.3 Å². The fraction of sp³-hybridized carbons (Fsp3) is 0.286. The maximum atomic E-state index is 3.67. The third-order valence-corrected chi connectivity index (χ3v) is 6.66. The van der Waals surface area contributed by atoms with Crippen LogP contribution in [0.5, 0.6) is 0 Å². The van der Waals surface area contributed by atoms with Gasteiger partial charge in [0.25, 0.3) is 0 Å². The average Bonchev–Trinajstić information content (AvgIpc) is 2.80. The second-order valence-corrected chi connectivity index (χ2v) is 9.04. The van der Waals surface area contributed by atoms with Gasteiger partial charge in [-0.2, -0.15) is 0 Å². The van der Waals surface area contributed by atoms with Gasteiger partial charge in [0, 0.05) is 19.9 Å². The number of anilines is 1. The van der Waals surface area contributed by atoms with E-state index in [-0.39, 0.29) is 0 Å². The SMILES string of the molecule is C[C@H]1CC(Nc2ccc(Br)cc2Br)c2ccsc2S1. The number of fused-ring (bicyclic) bond motifs is 1. The van der Waals surface area contributed by atoms with Crippen molar-refractivity contribution in [3.63, 3.8) is 0 Å². The first kappa shape index (κ1) is 14.0. The first-order valence-corrected chi connectivity index (χ1v) is 9.43. The molecule has 1 aliphatic heterocycles. The summed E-state index contributed by atoms with van der Waals surface area (Å²) in [6.07, 6.45) is 1.16. The number of halogens is 2. The highest BCUT2D eigenvalue weighted by atomic mass is 79.9. The van der Waals surface area contributed by atoms with Gasteiger partial charge in [-0.05, 0) is 57.6 Å². The summed E-state index contributed by atoms with van der Waals surface area (Å²) in [4.78, 5) is 0. The van der Waals surface area contributed by atoms with Crippen molar-refractivity contribution in [1.82, 2.24) is 0 Å². The van der Waals surface area contributed by atoms with Gasteiger partial charge in [0.1, 0.15) is 0 Å². The molecule has 1 N–H and O–H groups in total. The largest absolute Gasteiger partial charge is 0.377 e. The molecule has 1 nitrogen and oxygen atoms in total. The molecular formula is C14H13Br2NS2. The molecular weight excluding hydrogens is 406 g/mol. The van der Waals surface area contributed by atoms with Crippen LogP contribution in [0.3, 0.4) is 0 Å². The molecule has 2 heterocycles. The van der Waals surface area contributed by atoms with Crippen LogP contribution >= 0.6 is 55.0 Å². The lowest BCUT2D eigenvalue weighted by Crippen LogP contribution is -2.19. The predicted octanol–water partition coefficient (Wildman–Crippen LogP) is 6.31. The van der Waals surface area contributed by atoms with E-state index in [1.807, 2.05) is 23.1 Å². The summed E-state index contributed by atoms with van der Waals surface area (Å²) in [5, 5.41) is 6.53. The van der Waals surface area contributed by atoms with Crippen molar-refractivity contribution < 1.29 is 0 Å². The first-order chi connectivity index (χ1) is 9.13. The summed E-state index contributed by atoms with van der Waals surface area (Å²) < 4.78 is 3.66. The Labute approximate surface area is 138 Å². The molecule has 2 atom stereocenters. The number of thioether (sulfide) groups is 1. The summed E-state index contributed by atoms with van der Waals surface area (Å²) in [5.41, 5.74) is 2.60. The van der Waals surface area contributed by atoms with E-state index in [1.165, 1.54) is 9.77 Å². The van der Waals surface area contributed by atoms with E-state index < -0.39 is 0 Å². The summed E-state index contributed by atoms with van der Waals surface area (Å²) in [6.45, 7) is 2.30. The molecule has 0 spiro atoms. The van der Waals surface area contributed by atoms with Gasteiger partial charge in [-0.3, -0.25) is 0 Å². The van der Waals surface area contributed by atoms with Crippen LogP contribution in [0.2, 0.25) is 0 Å². The number of nitrogens with one attached hydrogen (secondary N) is 1. The second kappa shape index (κ2) is 5.80. The minimum atomic E-state index is 0.412. The van der Waals surface area contributed by atoms with E-state index in [9.17, 15) is 0 Å². The van der Waals surface area contributed by atoms with Crippen molar-refractivity contribution in [2.45, 2.75) is 28.8 Å². The number of benzene rings is 1. The highest BCUT2D eigenvalue weighted by Crippen LogP contribution is 2.45. The Morgan fingerprint density at radius 1 is 1.26 bits per heavy atom. The Bertz CT molecular complexity index is 597. The smallest absolute Gasteiger partial charge is 0.0653 e. The van der Waals surface area contributed by atoms with Gasteiger partial charge in [0.15, 0.2) is 0 Å². The summed E-state index contributed by atoms with van der Waals surface area (Å²) in [7, 11) is 0. The minimum Gasteiger partial charge on any atom is -0.377 e. The van der Waals surface area contributed by atoms with Crippen molar-refractivity contribution in [3.05, 3.63) is 44.2 Å². The molecule has 0 saturated carbocycles. The van der Waals surface area contributed by atoms with Gasteiger partial charge in [-0.1, -0.05) is 22.9 Å². The van der Waals surface area contributed by atoms with Gasteiger partial charge < -0.3 is 5.32 Å². The number of hydrogen-bond donors (Lipinski definition) is 1. The molecule has 0 radical (unpaired) electrons. The van der Waals surface area contributed by atoms with Crippen LogP contribution in [0.15, 0.2) is 42.8 Å². The molecule has 0 amide bonds. The number of thiophene rings is 1. The molecule has 100 valence electrons. The zero-order valence-corrected chi connectivity index (χ0v) is 15.1. The molecule has 1 unspecified atom stereocenters. The van der Waals surface area contributed by atoms with Crippen LogP contribution in [0, 0.1) is 0 Å². The number of hydrogen-bond acceptors (Lipinski definition) is 3. The van der Waals surface area contributed by atoms with E-state index in [2.05, 4.69) is 73.7 Å². The van der Waals surface area contributed by atoms with E-state index in [4.69, 9.17) is 0 Å². The molecule has 3 rings (SSSR count). The molecule has 0 fully saturated rings. The van der Waals surface area contributed by atoms with Crippen molar-refractivity contribution in [2.75, 3.05) is 5.32 Å². The maximum Gasteiger partial charge on any atom is 0.0653 e. The molecule has 1 aliphatic rings. The Balaban J connectivity index is 1.88. The van der Waals surface area contributed by atoms with E-state index in [1.54, 1.807) is 0 Å². The van der Waals surface area contributed by atoms with Crippen LogP contribution in [0.4, 0.5) is 5.69 Å². The summed E-state index contributed by atoms with van der Waals surface area (Å²) in [6, 6.07) is 8.94. The normalized spacial score (nSPS) is 22.1. The summed E-state index contributed by atoms with van der Waals surface area (Å²) in [5.74, 6) is 0. The molecule has 19 heavy (non-hydrogen) atoms. The number of rotatable bonds is 2. The predicted molar refractivity (Wildman–Crippen MR) is 92.5 cm³/mol. The first-order valence-electron chi connectivity index (χ1n) is 6.09. The van der Waals surface area contributed by atoms with Crippen molar-refractivity contribution >= 4 is 60.6 Å². The lowest BCUT2D eigenvalue weighted by atomic mass is 10.0. The highest BCUT2D eigenvalue weighted by molar-refractivity contribution is 9.11. The molecule has 5 heteroatoms. The lowest BCUT2D eigenvalue weighted by Gasteiger charge is -2.28. The van der Waals surface area contributed by atoms with Crippen molar-refractivity contribution in [3.8, 4) is 0 Å². The molecule has 1 aromatic carbocycles. The van der Waals surface area contributed by atoms with E-state index in [0.717, 1.165) is 21.1 Å². The Morgan fingerprint density at radius 2 is 2.11 bits per heavy atom. The van der Waals surface area contributed by atoms with Gasteiger partial charge in [-0.15, -0.1) is 23.1 Å². The Kier molecular flexibility index (Phi) is 4.27. The van der Waals surface area contributed by atoms with Gasteiger partial charge in [-0.25, -0.2) is 0 Å². The monoisotopic (exact) mass is 417 g/mol. The quantitative estimate of drug-likeness (QED) is 0.612. The zero-order valence-electron chi connectivity index (χ0n) is 10.3. The second-order valence-electron chi connectivity index (χ2n) is 4.65. The fourth-order valence-corrected chi connectivity index (χ4v) is 6.01. The van der Waals surface area contributed by atoms with Crippen molar-refractivity contribution in [2.24, 2.45) is 0 Å². The van der Waals surface area contributed by atoms with Crippen LogP contribution in [-0.2, 0) is 0 Å². The molecule has 0 bridgehead atoms. The van der Waals surface area contributed by atoms with Crippen LogP contribution in [0.1, 0.15) is 24.9 Å². The van der Waals surface area contributed by atoms with Crippen LogP contribution in [-0.4, -0.2) is 5.25 Å². The maximum absolute atomic E-state index is 3.67. The minimum absolute atomic E-state index is 0.412. The molecule has 1 aromatic heterocycles.